The number of hydrogen-bond donors (Lipinski definition) is 1. The lowest BCUT2D eigenvalue weighted by Gasteiger charge is -2.06. The first-order valence-electron chi connectivity index (χ1n) is 5.74. The van der Waals surface area contributed by atoms with Crippen molar-refractivity contribution in [3.05, 3.63) is 0 Å². The summed E-state index contributed by atoms with van der Waals surface area (Å²) in [5, 5.41) is 0. The van der Waals surface area contributed by atoms with Crippen LogP contribution in [0.25, 0.3) is 0 Å². The van der Waals surface area contributed by atoms with E-state index in [1.165, 1.54) is 44.9 Å². The molecule has 92 valence electrons. The van der Waals surface area contributed by atoms with Gasteiger partial charge in [0.1, 0.15) is 0 Å². The molecule has 0 heterocycles. The third-order valence-electron chi connectivity index (χ3n) is 2.37. The van der Waals surface area contributed by atoms with E-state index in [4.69, 9.17) is 33.2 Å². The van der Waals surface area contributed by atoms with Gasteiger partial charge in [-0.2, -0.15) is 12.6 Å². The first kappa shape index (κ1) is 16.4. The minimum absolute atomic E-state index is 0.817. The molecule has 0 aliphatic rings. The Kier molecular flexibility index (Phi) is 11.6. The lowest BCUT2D eigenvalue weighted by Crippen LogP contribution is -2.07. The molecule has 15 heavy (non-hydrogen) atoms. The van der Waals surface area contributed by atoms with Crippen LogP contribution in [0.1, 0.15) is 51.4 Å². The largest absolute Gasteiger partial charge is 0.341 e. The molecule has 0 fully saturated rings. The Morgan fingerprint density at radius 1 is 0.667 bits per heavy atom. The molecule has 0 unspecified atom stereocenters. The van der Waals surface area contributed by atoms with Crippen molar-refractivity contribution >= 4 is 51.9 Å². The molecule has 0 spiro atoms. The third kappa shape index (κ3) is 15.4. The van der Waals surface area contributed by atoms with Gasteiger partial charge >= 0.3 is 6.00 Å². The fourth-order valence-electron chi connectivity index (χ4n) is 1.50. The summed E-state index contributed by atoms with van der Waals surface area (Å²) >= 11 is 21.6. The normalized spacial score (nSPS) is 12.0. The lowest BCUT2D eigenvalue weighted by atomic mass is 10.1. The number of halogens is 3. The molecule has 0 aromatic rings. The maximum absolute atomic E-state index is 5.79. The van der Waals surface area contributed by atoms with Crippen LogP contribution in [0.4, 0.5) is 0 Å². The fourth-order valence-corrected chi connectivity index (χ4v) is 3.58. The summed E-state index contributed by atoms with van der Waals surface area (Å²) in [6.45, 7) is 0. The Hall–Kier alpha value is 1.44. The smallest absolute Gasteiger partial charge is 0.179 e. The van der Waals surface area contributed by atoms with Crippen molar-refractivity contribution in [2.75, 3.05) is 5.75 Å². The Bertz CT molecular complexity index is 139. The Balaban J connectivity index is 2.99. The van der Waals surface area contributed by atoms with Crippen LogP contribution >= 0.6 is 45.9 Å². The van der Waals surface area contributed by atoms with Crippen LogP contribution in [0.2, 0.25) is 6.04 Å². The maximum atomic E-state index is 5.79. The fraction of sp³-hybridized carbons (Fsp3) is 1.00. The van der Waals surface area contributed by atoms with Gasteiger partial charge in [0.2, 0.25) is 0 Å². The van der Waals surface area contributed by atoms with E-state index in [-0.39, 0.29) is 0 Å². The molecule has 0 aromatic carbocycles. The molecule has 0 aliphatic heterocycles. The van der Waals surface area contributed by atoms with Gasteiger partial charge < -0.3 is 0 Å². The van der Waals surface area contributed by atoms with Gasteiger partial charge in [0.15, 0.2) is 0 Å². The number of thiol groups is 1. The average molecular weight is 308 g/mol. The van der Waals surface area contributed by atoms with E-state index in [2.05, 4.69) is 12.6 Å². The van der Waals surface area contributed by atoms with E-state index in [1.54, 1.807) is 0 Å². The summed E-state index contributed by atoms with van der Waals surface area (Å²) < 4.78 is 0. The van der Waals surface area contributed by atoms with Gasteiger partial charge in [-0.15, -0.1) is 33.2 Å². The Labute approximate surface area is 115 Å². The standard InChI is InChI=1S/C10H21Cl3SSi/c11-15(12,13)10-8-6-4-2-1-3-5-7-9-14/h14H,1-10H2. The molecule has 0 atom stereocenters. The van der Waals surface area contributed by atoms with Crippen LogP contribution in [-0.2, 0) is 0 Å². The molecular weight excluding hydrogens is 287 g/mol. The van der Waals surface area contributed by atoms with E-state index in [1.807, 2.05) is 0 Å². The quantitative estimate of drug-likeness (QED) is 0.228. The van der Waals surface area contributed by atoms with E-state index in [9.17, 15) is 0 Å². The monoisotopic (exact) mass is 306 g/mol. The SMILES string of the molecule is SCCCCCCCCCC[Si](Cl)(Cl)Cl. The lowest BCUT2D eigenvalue weighted by molar-refractivity contribution is 0.586. The Morgan fingerprint density at radius 2 is 1.07 bits per heavy atom. The minimum atomic E-state index is -2.34. The molecule has 0 aromatic heterocycles. The highest BCUT2D eigenvalue weighted by Gasteiger charge is 2.23. The second kappa shape index (κ2) is 10.6. The summed E-state index contributed by atoms with van der Waals surface area (Å²) in [5.41, 5.74) is 0. The summed E-state index contributed by atoms with van der Waals surface area (Å²) in [6.07, 6.45) is 10.2. The average Bonchev–Trinajstić information content (AvgIpc) is 2.14. The molecule has 0 saturated carbocycles. The molecule has 0 radical (unpaired) electrons. The number of rotatable bonds is 10. The van der Waals surface area contributed by atoms with Crippen molar-refractivity contribution in [2.24, 2.45) is 0 Å². The highest BCUT2D eigenvalue weighted by molar-refractivity contribution is 7.80. The summed E-state index contributed by atoms with van der Waals surface area (Å²) in [7, 11) is 0. The van der Waals surface area contributed by atoms with Crippen LogP contribution < -0.4 is 0 Å². The second-order valence-electron chi connectivity index (χ2n) is 3.92. The topological polar surface area (TPSA) is 0 Å². The van der Waals surface area contributed by atoms with Gasteiger partial charge in [0.25, 0.3) is 0 Å². The molecule has 0 rings (SSSR count). The van der Waals surface area contributed by atoms with E-state index in [0.717, 1.165) is 18.2 Å². The van der Waals surface area contributed by atoms with Crippen LogP contribution in [-0.4, -0.2) is 11.8 Å². The van der Waals surface area contributed by atoms with Gasteiger partial charge in [-0.3, -0.25) is 0 Å². The van der Waals surface area contributed by atoms with Crippen molar-refractivity contribution in [1.29, 1.82) is 0 Å². The van der Waals surface area contributed by atoms with E-state index >= 15 is 0 Å². The van der Waals surface area contributed by atoms with Crippen LogP contribution in [0.3, 0.4) is 0 Å². The predicted octanol–water partition coefficient (Wildman–Crippen LogP) is 5.69. The zero-order chi connectivity index (χ0) is 11.6. The zero-order valence-corrected chi connectivity index (χ0v) is 13.3. The van der Waals surface area contributed by atoms with Crippen molar-refractivity contribution in [1.82, 2.24) is 0 Å². The summed E-state index contributed by atoms with van der Waals surface area (Å²) in [6, 6.07) is -1.52. The highest BCUT2D eigenvalue weighted by atomic mass is 35.8. The highest BCUT2D eigenvalue weighted by Crippen LogP contribution is 2.27. The molecule has 0 N–H and O–H groups in total. The van der Waals surface area contributed by atoms with Crippen LogP contribution in [0.15, 0.2) is 0 Å². The van der Waals surface area contributed by atoms with Gasteiger partial charge in [0.05, 0.1) is 0 Å². The van der Waals surface area contributed by atoms with Gasteiger partial charge in [0, 0.05) is 0 Å². The van der Waals surface area contributed by atoms with E-state index < -0.39 is 6.00 Å². The molecule has 5 heteroatoms. The third-order valence-corrected chi connectivity index (χ3v) is 5.31. The Morgan fingerprint density at radius 3 is 1.47 bits per heavy atom. The van der Waals surface area contributed by atoms with Gasteiger partial charge in [-0.25, -0.2) is 0 Å². The van der Waals surface area contributed by atoms with Crippen LogP contribution in [0, 0.1) is 0 Å². The summed E-state index contributed by atoms with van der Waals surface area (Å²) in [4.78, 5) is 0. The first-order valence-corrected chi connectivity index (χ1v) is 11.6. The van der Waals surface area contributed by atoms with Gasteiger partial charge in [-0.05, 0) is 18.2 Å². The number of unbranched alkanes of at least 4 members (excludes halogenated alkanes) is 7. The van der Waals surface area contributed by atoms with Crippen molar-refractivity contribution in [3.63, 3.8) is 0 Å². The molecule has 0 saturated heterocycles. The maximum Gasteiger partial charge on any atom is 0.341 e. The first-order chi connectivity index (χ1) is 7.06. The predicted molar refractivity (Wildman–Crippen MR) is 78.9 cm³/mol. The second-order valence-corrected chi connectivity index (χ2v) is 13.6. The van der Waals surface area contributed by atoms with Crippen molar-refractivity contribution in [2.45, 2.75) is 57.4 Å². The van der Waals surface area contributed by atoms with Crippen LogP contribution in [0.5, 0.6) is 0 Å². The molecule has 0 aliphatic carbocycles. The van der Waals surface area contributed by atoms with Crippen molar-refractivity contribution < 1.29 is 0 Å². The van der Waals surface area contributed by atoms with Gasteiger partial charge in [-0.1, -0.05) is 44.9 Å². The zero-order valence-electron chi connectivity index (χ0n) is 9.15. The van der Waals surface area contributed by atoms with Crippen molar-refractivity contribution in [3.8, 4) is 0 Å². The molecule has 0 amide bonds. The molecule has 0 nitrogen and oxygen atoms in total. The number of hydrogen-bond acceptors (Lipinski definition) is 1. The molecule has 0 bridgehead atoms. The summed E-state index contributed by atoms with van der Waals surface area (Å²) in [5.74, 6) is 1.02. The molecular formula is C10H21Cl3SSi. The van der Waals surface area contributed by atoms with E-state index in [0.29, 0.717) is 0 Å². The minimum Gasteiger partial charge on any atom is -0.179 e.